The van der Waals surface area contributed by atoms with Crippen LogP contribution >= 0.6 is 0 Å². The fourth-order valence-corrected chi connectivity index (χ4v) is 1.93. The van der Waals surface area contributed by atoms with Crippen LogP contribution in [0.15, 0.2) is 0 Å². The monoisotopic (exact) mass is 181 g/mol. The zero-order chi connectivity index (χ0) is 9.57. The molecule has 0 spiro atoms. The Morgan fingerprint density at radius 1 is 1.23 bits per heavy atom. The van der Waals surface area contributed by atoms with Crippen molar-refractivity contribution in [1.82, 2.24) is 5.32 Å². The first-order chi connectivity index (χ1) is 6.27. The first kappa shape index (κ1) is 10.6. The van der Waals surface area contributed by atoms with E-state index in [-0.39, 0.29) is 0 Å². The van der Waals surface area contributed by atoms with Crippen LogP contribution < -0.4 is 5.32 Å². The van der Waals surface area contributed by atoms with E-state index in [4.69, 9.17) is 6.42 Å². The highest BCUT2D eigenvalue weighted by atomic mass is 16.3. The summed E-state index contributed by atoms with van der Waals surface area (Å²) in [6.45, 7) is 1.21. The van der Waals surface area contributed by atoms with E-state index in [9.17, 15) is 5.11 Å². The van der Waals surface area contributed by atoms with Gasteiger partial charge < -0.3 is 10.4 Å². The first-order valence-electron chi connectivity index (χ1n) is 5.13. The van der Waals surface area contributed by atoms with Crippen LogP contribution in [0, 0.1) is 12.3 Å². The fraction of sp³-hybridized carbons (Fsp3) is 0.818. The summed E-state index contributed by atoms with van der Waals surface area (Å²) in [6.07, 6.45) is 11.8. The summed E-state index contributed by atoms with van der Waals surface area (Å²) >= 11 is 0. The van der Waals surface area contributed by atoms with Gasteiger partial charge in [0.1, 0.15) is 0 Å². The van der Waals surface area contributed by atoms with Crippen LogP contribution in [-0.2, 0) is 0 Å². The van der Waals surface area contributed by atoms with Gasteiger partial charge in [-0.15, -0.1) is 6.42 Å². The third-order valence-corrected chi connectivity index (χ3v) is 2.72. The van der Waals surface area contributed by atoms with Crippen LogP contribution in [0.1, 0.15) is 38.5 Å². The zero-order valence-corrected chi connectivity index (χ0v) is 8.18. The number of hydrogen-bond donors (Lipinski definition) is 2. The molecule has 0 saturated heterocycles. The lowest BCUT2D eigenvalue weighted by molar-refractivity contribution is 0.0263. The molecule has 1 rings (SSSR count). The maximum Gasteiger partial charge on any atom is 0.0771 e. The van der Waals surface area contributed by atoms with Crippen LogP contribution in [0.3, 0.4) is 0 Å². The van der Waals surface area contributed by atoms with Crippen molar-refractivity contribution < 1.29 is 5.11 Å². The quantitative estimate of drug-likeness (QED) is 0.391. The molecule has 0 aliphatic heterocycles. The van der Waals surface area contributed by atoms with Gasteiger partial charge in [0.25, 0.3) is 0 Å². The largest absolute Gasteiger partial charge is 0.389 e. The van der Waals surface area contributed by atoms with Crippen LogP contribution in [0.5, 0.6) is 0 Å². The van der Waals surface area contributed by atoms with Crippen LogP contribution in [0.2, 0.25) is 0 Å². The molecule has 1 aliphatic rings. The Hall–Kier alpha value is -0.520. The third-order valence-electron chi connectivity index (χ3n) is 2.72. The minimum absolute atomic E-state index is 0.493. The molecule has 0 bridgehead atoms. The first-order valence-corrected chi connectivity index (χ1v) is 5.13. The average molecular weight is 181 g/mol. The Bertz CT molecular complexity index is 175. The molecule has 0 aromatic carbocycles. The van der Waals surface area contributed by atoms with Crippen molar-refractivity contribution >= 4 is 0 Å². The van der Waals surface area contributed by atoms with Crippen molar-refractivity contribution in [1.29, 1.82) is 0 Å². The molecule has 74 valence electrons. The molecule has 0 aromatic heterocycles. The molecular weight excluding hydrogens is 162 g/mol. The summed E-state index contributed by atoms with van der Waals surface area (Å²) in [5.74, 6) is 2.52. The van der Waals surface area contributed by atoms with Crippen molar-refractivity contribution in [2.24, 2.45) is 0 Å². The Kier molecular flexibility index (Phi) is 4.27. The van der Waals surface area contributed by atoms with E-state index in [0.717, 1.165) is 25.7 Å². The molecule has 2 heteroatoms. The fourth-order valence-electron chi connectivity index (χ4n) is 1.93. The molecule has 0 heterocycles. The van der Waals surface area contributed by atoms with Gasteiger partial charge in [-0.25, -0.2) is 0 Å². The molecule has 0 radical (unpaired) electrons. The van der Waals surface area contributed by atoms with E-state index in [1.165, 1.54) is 12.8 Å². The predicted octanol–water partition coefficient (Wildman–Crippen LogP) is 1.29. The number of hydrogen-bond acceptors (Lipinski definition) is 2. The van der Waals surface area contributed by atoms with Crippen LogP contribution in [0.4, 0.5) is 0 Å². The minimum Gasteiger partial charge on any atom is -0.389 e. The highest BCUT2D eigenvalue weighted by Crippen LogP contribution is 2.26. The van der Waals surface area contributed by atoms with Crippen molar-refractivity contribution in [2.45, 2.75) is 44.1 Å². The van der Waals surface area contributed by atoms with E-state index in [1.54, 1.807) is 0 Å². The summed E-state index contributed by atoms with van der Waals surface area (Å²) in [6, 6.07) is 0. The number of aliphatic hydroxyl groups is 1. The van der Waals surface area contributed by atoms with Crippen LogP contribution in [-0.4, -0.2) is 23.8 Å². The molecule has 0 amide bonds. The second-order valence-electron chi connectivity index (χ2n) is 3.95. The van der Waals surface area contributed by atoms with Crippen molar-refractivity contribution in [3.8, 4) is 12.3 Å². The molecule has 2 nitrogen and oxygen atoms in total. The van der Waals surface area contributed by atoms with Gasteiger partial charge in [-0.1, -0.05) is 31.6 Å². The number of rotatable bonds is 3. The maximum absolute atomic E-state index is 10.1. The summed E-state index contributed by atoms with van der Waals surface area (Å²) in [4.78, 5) is 0. The number of nitrogens with one attached hydrogen (secondary N) is 1. The van der Waals surface area contributed by atoms with Gasteiger partial charge in [0.15, 0.2) is 0 Å². The normalized spacial score (nSPS) is 21.8. The average Bonchev–Trinajstić information content (AvgIpc) is 2.31. The summed E-state index contributed by atoms with van der Waals surface area (Å²) in [7, 11) is 0. The summed E-state index contributed by atoms with van der Waals surface area (Å²) in [5.41, 5.74) is -0.493. The second kappa shape index (κ2) is 5.26. The molecule has 1 aliphatic carbocycles. The Morgan fingerprint density at radius 2 is 1.85 bits per heavy atom. The van der Waals surface area contributed by atoms with Gasteiger partial charge in [-0.3, -0.25) is 0 Å². The molecule has 0 unspecified atom stereocenters. The molecule has 2 N–H and O–H groups in total. The molecule has 1 fully saturated rings. The maximum atomic E-state index is 10.1. The van der Waals surface area contributed by atoms with E-state index >= 15 is 0 Å². The molecule has 0 atom stereocenters. The standard InChI is InChI=1S/C11H19NO/c1-2-9-12-10-11(13)7-5-3-4-6-8-11/h1,12-13H,3-10H2. The van der Waals surface area contributed by atoms with E-state index in [1.807, 2.05) is 0 Å². The second-order valence-corrected chi connectivity index (χ2v) is 3.95. The van der Waals surface area contributed by atoms with E-state index in [0.29, 0.717) is 13.1 Å². The summed E-state index contributed by atoms with van der Waals surface area (Å²) in [5, 5.41) is 13.2. The van der Waals surface area contributed by atoms with Gasteiger partial charge in [0.2, 0.25) is 0 Å². The van der Waals surface area contributed by atoms with Gasteiger partial charge in [0.05, 0.1) is 12.1 Å². The number of terminal acetylenes is 1. The minimum atomic E-state index is -0.493. The predicted molar refractivity (Wildman–Crippen MR) is 54.4 cm³/mol. The van der Waals surface area contributed by atoms with Crippen molar-refractivity contribution in [2.75, 3.05) is 13.1 Å². The van der Waals surface area contributed by atoms with Crippen molar-refractivity contribution in [3.63, 3.8) is 0 Å². The Morgan fingerprint density at radius 3 is 2.38 bits per heavy atom. The highest BCUT2D eigenvalue weighted by molar-refractivity contribution is 4.90. The SMILES string of the molecule is C#CCNCC1(O)CCCCCC1. The Balaban J connectivity index is 2.30. The lowest BCUT2D eigenvalue weighted by Crippen LogP contribution is -2.40. The van der Waals surface area contributed by atoms with Crippen LogP contribution in [0.25, 0.3) is 0 Å². The lowest BCUT2D eigenvalue weighted by Gasteiger charge is -2.26. The zero-order valence-electron chi connectivity index (χ0n) is 8.18. The van der Waals surface area contributed by atoms with E-state index < -0.39 is 5.60 Å². The highest BCUT2D eigenvalue weighted by Gasteiger charge is 2.26. The lowest BCUT2D eigenvalue weighted by atomic mass is 9.94. The van der Waals surface area contributed by atoms with Gasteiger partial charge in [-0.2, -0.15) is 0 Å². The van der Waals surface area contributed by atoms with E-state index in [2.05, 4.69) is 11.2 Å². The Labute approximate surface area is 80.7 Å². The molecular formula is C11H19NO. The van der Waals surface area contributed by atoms with Gasteiger partial charge in [-0.05, 0) is 12.8 Å². The molecule has 0 aromatic rings. The molecule has 13 heavy (non-hydrogen) atoms. The van der Waals surface area contributed by atoms with Gasteiger partial charge >= 0.3 is 0 Å². The topological polar surface area (TPSA) is 32.3 Å². The smallest absolute Gasteiger partial charge is 0.0771 e. The van der Waals surface area contributed by atoms with Gasteiger partial charge in [0, 0.05) is 6.54 Å². The van der Waals surface area contributed by atoms with Crippen molar-refractivity contribution in [3.05, 3.63) is 0 Å². The third kappa shape index (κ3) is 3.80. The molecule has 1 saturated carbocycles. The summed E-state index contributed by atoms with van der Waals surface area (Å²) < 4.78 is 0.